The second kappa shape index (κ2) is 9.67. The molecule has 0 aliphatic heterocycles. The molecule has 0 radical (unpaired) electrons. The molecule has 1 aromatic heterocycles. The fourth-order valence-electron chi connectivity index (χ4n) is 2.39. The predicted molar refractivity (Wildman–Crippen MR) is 106 cm³/mol. The molecule has 2 N–H and O–H groups in total. The van der Waals surface area contributed by atoms with Crippen molar-refractivity contribution in [1.82, 2.24) is 5.32 Å². The molecule has 0 saturated heterocycles. The zero-order valence-electron chi connectivity index (χ0n) is 15.8. The van der Waals surface area contributed by atoms with E-state index in [1.165, 1.54) is 11.3 Å². The van der Waals surface area contributed by atoms with Gasteiger partial charge in [-0.2, -0.15) is 5.26 Å². The first-order chi connectivity index (χ1) is 13.3. The van der Waals surface area contributed by atoms with Gasteiger partial charge in [-0.1, -0.05) is 31.5 Å². The summed E-state index contributed by atoms with van der Waals surface area (Å²) in [5.41, 5.74) is 1.71. The molecule has 1 atom stereocenters. The van der Waals surface area contributed by atoms with E-state index in [2.05, 4.69) is 10.6 Å². The number of anilines is 1. The van der Waals surface area contributed by atoms with Crippen LogP contribution < -0.4 is 10.6 Å². The summed E-state index contributed by atoms with van der Waals surface area (Å²) in [7, 11) is 0. The molecular weight excluding hydrogens is 378 g/mol. The Morgan fingerprint density at radius 2 is 2.00 bits per heavy atom. The highest BCUT2D eigenvalue weighted by atomic mass is 32.1. The minimum Gasteiger partial charge on any atom is -0.454 e. The monoisotopic (exact) mass is 399 g/mol. The highest BCUT2D eigenvalue weighted by Gasteiger charge is 2.27. The summed E-state index contributed by atoms with van der Waals surface area (Å²) < 4.78 is 5.07. The minimum absolute atomic E-state index is 0.230. The fraction of sp³-hybridized carbons (Fsp3) is 0.300. The lowest BCUT2D eigenvalue weighted by Crippen LogP contribution is -2.45. The van der Waals surface area contributed by atoms with Gasteiger partial charge in [0.2, 0.25) is 0 Å². The molecule has 0 unspecified atom stereocenters. The molecule has 0 bridgehead atoms. The second-order valence-corrected chi connectivity index (χ2v) is 7.41. The summed E-state index contributed by atoms with van der Waals surface area (Å²) in [5.74, 6) is -1.87. The Labute approximate surface area is 167 Å². The molecule has 1 heterocycles. The number of rotatable bonds is 7. The first-order valence-corrected chi connectivity index (χ1v) is 9.51. The molecule has 2 amide bonds. The number of nitrogens with one attached hydrogen (secondary N) is 2. The number of carbonyl (C=O) groups is 3. The van der Waals surface area contributed by atoms with Crippen LogP contribution in [-0.4, -0.2) is 30.4 Å². The molecule has 0 aliphatic carbocycles. The average Bonchev–Trinajstić information content (AvgIpc) is 3.10. The third-order valence-electron chi connectivity index (χ3n) is 3.87. The lowest BCUT2D eigenvalue weighted by Gasteiger charge is -2.21. The van der Waals surface area contributed by atoms with E-state index in [1.54, 1.807) is 43.5 Å². The molecular formula is C20H21N3O4S. The SMILES string of the molecule is Cc1cccc(C(=O)N[C@H](C(=O)OCC(=O)Nc2sccc2C#N)C(C)C)c1. The molecule has 2 aromatic rings. The van der Waals surface area contributed by atoms with Crippen LogP contribution in [0.2, 0.25) is 0 Å². The normalized spacial score (nSPS) is 11.4. The Bertz CT molecular complexity index is 914. The number of amides is 2. The predicted octanol–water partition coefficient (Wildman–Crippen LogP) is 2.86. The van der Waals surface area contributed by atoms with Crippen molar-refractivity contribution in [1.29, 1.82) is 5.26 Å². The Balaban J connectivity index is 1.94. The van der Waals surface area contributed by atoms with Crippen molar-refractivity contribution >= 4 is 34.1 Å². The number of hydrogen-bond donors (Lipinski definition) is 2. The van der Waals surface area contributed by atoms with Crippen molar-refractivity contribution in [2.75, 3.05) is 11.9 Å². The van der Waals surface area contributed by atoms with E-state index in [0.717, 1.165) is 5.56 Å². The van der Waals surface area contributed by atoms with Gasteiger partial charge in [0.1, 0.15) is 17.1 Å². The van der Waals surface area contributed by atoms with Gasteiger partial charge in [-0.25, -0.2) is 4.79 Å². The number of benzene rings is 1. The van der Waals surface area contributed by atoms with Gasteiger partial charge >= 0.3 is 5.97 Å². The largest absolute Gasteiger partial charge is 0.454 e. The van der Waals surface area contributed by atoms with Crippen molar-refractivity contribution in [2.24, 2.45) is 5.92 Å². The van der Waals surface area contributed by atoms with Crippen molar-refractivity contribution < 1.29 is 19.1 Å². The fourth-order valence-corrected chi connectivity index (χ4v) is 3.15. The Morgan fingerprint density at radius 3 is 2.64 bits per heavy atom. The molecule has 0 spiro atoms. The smallest absolute Gasteiger partial charge is 0.329 e. The van der Waals surface area contributed by atoms with Crippen molar-refractivity contribution in [3.8, 4) is 6.07 Å². The van der Waals surface area contributed by atoms with Crippen LogP contribution in [0.25, 0.3) is 0 Å². The molecule has 146 valence electrons. The first-order valence-electron chi connectivity index (χ1n) is 8.63. The molecule has 1 aromatic carbocycles. The quantitative estimate of drug-likeness (QED) is 0.696. The van der Waals surface area contributed by atoms with Gasteiger partial charge in [0.05, 0.1) is 5.56 Å². The number of thiophene rings is 1. The lowest BCUT2D eigenvalue weighted by atomic mass is 10.0. The van der Waals surface area contributed by atoms with E-state index in [-0.39, 0.29) is 11.8 Å². The Kier molecular flexibility index (Phi) is 7.29. The van der Waals surface area contributed by atoms with Crippen LogP contribution in [0, 0.1) is 24.2 Å². The van der Waals surface area contributed by atoms with Crippen LogP contribution in [0.5, 0.6) is 0 Å². The van der Waals surface area contributed by atoms with E-state index in [0.29, 0.717) is 16.1 Å². The zero-order valence-corrected chi connectivity index (χ0v) is 16.6. The van der Waals surface area contributed by atoms with Gasteiger partial charge in [0, 0.05) is 5.56 Å². The number of nitriles is 1. The van der Waals surface area contributed by atoms with Crippen LogP contribution in [0.15, 0.2) is 35.7 Å². The average molecular weight is 399 g/mol. The minimum atomic E-state index is -0.891. The lowest BCUT2D eigenvalue weighted by molar-refractivity contribution is -0.150. The van der Waals surface area contributed by atoms with Crippen LogP contribution in [-0.2, 0) is 14.3 Å². The van der Waals surface area contributed by atoms with Crippen LogP contribution >= 0.6 is 11.3 Å². The van der Waals surface area contributed by atoms with Crippen molar-refractivity contribution in [3.05, 3.63) is 52.4 Å². The number of hydrogen-bond acceptors (Lipinski definition) is 6. The van der Waals surface area contributed by atoms with E-state index in [4.69, 9.17) is 10.00 Å². The van der Waals surface area contributed by atoms with E-state index in [1.807, 2.05) is 19.1 Å². The number of aryl methyl sites for hydroxylation is 1. The van der Waals surface area contributed by atoms with E-state index >= 15 is 0 Å². The van der Waals surface area contributed by atoms with E-state index < -0.39 is 24.5 Å². The summed E-state index contributed by atoms with van der Waals surface area (Å²) in [5, 5.41) is 16.2. The number of esters is 1. The van der Waals surface area contributed by atoms with Crippen LogP contribution in [0.3, 0.4) is 0 Å². The standard InChI is InChI=1S/C20H21N3O4S/c1-12(2)17(23-18(25)14-6-4-5-13(3)9-14)20(26)27-11-16(24)22-19-15(10-21)7-8-28-19/h4-9,12,17H,11H2,1-3H3,(H,22,24)(H,23,25)/t17-/m0/s1. The molecule has 28 heavy (non-hydrogen) atoms. The molecule has 8 heteroatoms. The summed E-state index contributed by atoms with van der Waals surface area (Å²) in [6.07, 6.45) is 0. The molecule has 7 nitrogen and oxygen atoms in total. The highest BCUT2D eigenvalue weighted by molar-refractivity contribution is 7.14. The number of ether oxygens (including phenoxy) is 1. The first kappa shape index (κ1) is 21.1. The molecule has 2 rings (SSSR count). The second-order valence-electron chi connectivity index (χ2n) is 6.50. The van der Waals surface area contributed by atoms with Gasteiger partial charge in [-0.3, -0.25) is 9.59 Å². The molecule has 0 saturated carbocycles. The third-order valence-corrected chi connectivity index (χ3v) is 4.70. The van der Waals surface area contributed by atoms with Gasteiger partial charge in [-0.15, -0.1) is 11.3 Å². The summed E-state index contributed by atoms with van der Waals surface area (Å²) in [6, 6.07) is 9.67. The maximum absolute atomic E-state index is 12.4. The van der Waals surface area contributed by atoms with Crippen LogP contribution in [0.1, 0.15) is 35.3 Å². The van der Waals surface area contributed by atoms with Crippen molar-refractivity contribution in [2.45, 2.75) is 26.8 Å². The summed E-state index contributed by atoms with van der Waals surface area (Å²) in [6.45, 7) is 4.90. The summed E-state index contributed by atoms with van der Waals surface area (Å²) in [4.78, 5) is 36.8. The van der Waals surface area contributed by atoms with Crippen molar-refractivity contribution in [3.63, 3.8) is 0 Å². The van der Waals surface area contributed by atoms with Gasteiger partial charge in [0.15, 0.2) is 6.61 Å². The van der Waals surface area contributed by atoms with Gasteiger partial charge in [-0.05, 0) is 36.4 Å². The third kappa shape index (κ3) is 5.66. The van der Waals surface area contributed by atoms with E-state index in [9.17, 15) is 14.4 Å². The maximum Gasteiger partial charge on any atom is 0.329 e. The molecule has 0 aliphatic rings. The topological polar surface area (TPSA) is 108 Å². The van der Waals surface area contributed by atoms with Crippen LogP contribution in [0.4, 0.5) is 5.00 Å². The molecule has 0 fully saturated rings. The zero-order chi connectivity index (χ0) is 20.7. The summed E-state index contributed by atoms with van der Waals surface area (Å²) >= 11 is 1.20. The Morgan fingerprint density at radius 1 is 1.25 bits per heavy atom. The maximum atomic E-state index is 12.4. The number of carbonyl (C=O) groups excluding carboxylic acids is 3. The Hall–Kier alpha value is -3.18. The van der Waals surface area contributed by atoms with Gasteiger partial charge < -0.3 is 15.4 Å². The highest BCUT2D eigenvalue weighted by Crippen LogP contribution is 2.21. The number of nitrogens with zero attached hydrogens (tertiary/aromatic N) is 1. The van der Waals surface area contributed by atoms with Gasteiger partial charge in [0.25, 0.3) is 11.8 Å².